The van der Waals surface area contributed by atoms with E-state index in [1.54, 1.807) is 25.3 Å². The number of hydrogen-bond donors (Lipinski definition) is 1. The number of amides is 1. The summed E-state index contributed by atoms with van der Waals surface area (Å²) in [6, 6.07) is 5.53. The number of benzene rings is 1. The van der Waals surface area contributed by atoms with Gasteiger partial charge < -0.3 is 15.4 Å². The molecule has 0 heterocycles. The van der Waals surface area contributed by atoms with Gasteiger partial charge in [-0.15, -0.1) is 0 Å². The Labute approximate surface area is 130 Å². The van der Waals surface area contributed by atoms with Crippen LogP contribution in [0.1, 0.15) is 28.8 Å². The lowest BCUT2D eigenvalue weighted by molar-refractivity contribution is 0.0680. The first kappa shape index (κ1) is 15.8. The summed E-state index contributed by atoms with van der Waals surface area (Å²) >= 11 is 6.17. The van der Waals surface area contributed by atoms with Gasteiger partial charge in [0, 0.05) is 30.8 Å². The van der Waals surface area contributed by atoms with Crippen LogP contribution in [0.25, 0.3) is 0 Å². The number of ether oxygens (including phenoxy) is 1. The van der Waals surface area contributed by atoms with Crippen LogP contribution in [-0.4, -0.2) is 43.7 Å². The maximum atomic E-state index is 12.6. The summed E-state index contributed by atoms with van der Waals surface area (Å²) in [7, 11) is 1.64. The van der Waals surface area contributed by atoms with Crippen molar-refractivity contribution in [3.63, 3.8) is 0 Å². The number of carbonyl (C=O) groups excluding carboxylic acids is 1. The highest BCUT2D eigenvalue weighted by molar-refractivity contribution is 6.32. The molecule has 2 N–H and O–H groups in total. The van der Waals surface area contributed by atoms with Crippen molar-refractivity contribution >= 4 is 17.5 Å². The van der Waals surface area contributed by atoms with Gasteiger partial charge in [0.05, 0.1) is 18.2 Å². The molecule has 1 aliphatic rings. The number of halogens is 1. The molecule has 0 unspecified atom stereocenters. The second-order valence-electron chi connectivity index (χ2n) is 4.92. The van der Waals surface area contributed by atoms with E-state index in [0.29, 0.717) is 35.3 Å². The van der Waals surface area contributed by atoms with Crippen molar-refractivity contribution in [2.45, 2.75) is 18.9 Å². The summed E-state index contributed by atoms with van der Waals surface area (Å²) in [6.07, 6.45) is 2.12. The number of hydrogen-bond acceptors (Lipinski definition) is 3. The van der Waals surface area contributed by atoms with Crippen molar-refractivity contribution < 1.29 is 9.53 Å². The number of methoxy groups -OCH3 is 1. The molecular weight excluding hydrogens is 288 g/mol. The Balaban J connectivity index is 2.16. The highest BCUT2D eigenvalue weighted by Crippen LogP contribution is 2.28. The molecule has 0 saturated heterocycles. The molecule has 0 atom stereocenters. The van der Waals surface area contributed by atoms with E-state index in [9.17, 15) is 4.79 Å². The monoisotopic (exact) mass is 306 g/mol. The third kappa shape index (κ3) is 4.21. The van der Waals surface area contributed by atoms with Gasteiger partial charge >= 0.3 is 0 Å². The summed E-state index contributed by atoms with van der Waals surface area (Å²) in [6.45, 7) is 1.42. The van der Waals surface area contributed by atoms with E-state index >= 15 is 0 Å². The highest BCUT2D eigenvalue weighted by Gasteiger charge is 2.32. The van der Waals surface area contributed by atoms with Crippen LogP contribution in [0.3, 0.4) is 0 Å². The van der Waals surface area contributed by atoms with E-state index in [2.05, 4.69) is 11.8 Å². The van der Waals surface area contributed by atoms with Gasteiger partial charge in [-0.3, -0.25) is 4.79 Å². The Bertz CT molecular complexity index is 573. The van der Waals surface area contributed by atoms with E-state index in [1.165, 1.54) is 0 Å². The summed E-state index contributed by atoms with van der Waals surface area (Å²) in [5.41, 5.74) is 6.61. The molecule has 0 bridgehead atoms. The lowest BCUT2D eigenvalue weighted by Gasteiger charge is -2.22. The van der Waals surface area contributed by atoms with Gasteiger partial charge in [0.25, 0.3) is 5.91 Å². The molecule has 1 fully saturated rings. The van der Waals surface area contributed by atoms with Crippen molar-refractivity contribution in [2.24, 2.45) is 5.73 Å². The van der Waals surface area contributed by atoms with Crippen LogP contribution in [0.2, 0.25) is 5.02 Å². The van der Waals surface area contributed by atoms with E-state index in [4.69, 9.17) is 22.1 Å². The van der Waals surface area contributed by atoms with Crippen molar-refractivity contribution in [3.8, 4) is 11.8 Å². The normalized spacial score (nSPS) is 13.5. The minimum Gasteiger partial charge on any atom is -0.383 e. The number of rotatable bonds is 5. The van der Waals surface area contributed by atoms with Gasteiger partial charge in [-0.05, 0) is 31.0 Å². The maximum absolute atomic E-state index is 12.6. The first-order valence-corrected chi connectivity index (χ1v) is 7.33. The topological polar surface area (TPSA) is 55.6 Å². The molecule has 0 aromatic heterocycles. The minimum absolute atomic E-state index is 0.00483. The van der Waals surface area contributed by atoms with E-state index in [-0.39, 0.29) is 12.5 Å². The Morgan fingerprint density at radius 3 is 2.86 bits per heavy atom. The highest BCUT2D eigenvalue weighted by atomic mass is 35.5. The molecule has 0 aliphatic heterocycles. The molecular formula is C16H19ClN2O2. The minimum atomic E-state index is -0.00483. The standard InChI is InChI=1S/C16H19ClN2O2/c1-21-10-9-19(14-6-7-14)16(20)13-5-4-12(3-2-8-18)15(17)11-13/h4-5,11,14H,6-10,18H2,1H3. The summed E-state index contributed by atoms with van der Waals surface area (Å²) in [5.74, 6) is 5.64. The summed E-state index contributed by atoms with van der Waals surface area (Å²) in [5, 5.41) is 0.476. The van der Waals surface area contributed by atoms with Crippen LogP contribution in [-0.2, 0) is 4.74 Å². The molecule has 1 aromatic rings. The zero-order valence-corrected chi connectivity index (χ0v) is 12.8. The molecule has 1 aromatic carbocycles. The molecule has 1 saturated carbocycles. The van der Waals surface area contributed by atoms with Gasteiger partial charge in [0.2, 0.25) is 0 Å². The molecule has 0 spiro atoms. The molecule has 4 nitrogen and oxygen atoms in total. The van der Waals surface area contributed by atoms with Gasteiger partial charge in [0.15, 0.2) is 0 Å². The summed E-state index contributed by atoms with van der Waals surface area (Å²) in [4.78, 5) is 14.4. The second-order valence-corrected chi connectivity index (χ2v) is 5.33. The molecule has 5 heteroatoms. The van der Waals surface area contributed by atoms with E-state index < -0.39 is 0 Å². The van der Waals surface area contributed by atoms with Gasteiger partial charge in [-0.1, -0.05) is 23.4 Å². The van der Waals surface area contributed by atoms with Crippen molar-refractivity contribution in [1.82, 2.24) is 4.90 Å². The lowest BCUT2D eigenvalue weighted by atomic mass is 10.1. The molecule has 1 aliphatic carbocycles. The SMILES string of the molecule is COCCN(C(=O)c1ccc(C#CCN)c(Cl)c1)C1CC1. The molecule has 1 amide bonds. The largest absolute Gasteiger partial charge is 0.383 e. The van der Waals surface area contributed by atoms with Crippen molar-refractivity contribution in [1.29, 1.82) is 0 Å². The van der Waals surface area contributed by atoms with Gasteiger partial charge in [-0.2, -0.15) is 0 Å². The fourth-order valence-corrected chi connectivity index (χ4v) is 2.32. The molecule has 2 rings (SSSR count). The molecule has 21 heavy (non-hydrogen) atoms. The number of carbonyl (C=O) groups is 1. The Hall–Kier alpha value is -1.54. The third-order valence-corrected chi connectivity index (χ3v) is 3.64. The lowest BCUT2D eigenvalue weighted by Crippen LogP contribution is -2.35. The van der Waals surface area contributed by atoms with Crippen molar-refractivity contribution in [2.75, 3.05) is 26.8 Å². The third-order valence-electron chi connectivity index (χ3n) is 3.33. The second kappa shape index (κ2) is 7.46. The fraction of sp³-hybridized carbons (Fsp3) is 0.438. The smallest absolute Gasteiger partial charge is 0.254 e. The quantitative estimate of drug-likeness (QED) is 0.845. The van der Waals surface area contributed by atoms with Crippen LogP contribution in [0.5, 0.6) is 0 Å². The van der Waals surface area contributed by atoms with Crippen LogP contribution in [0.15, 0.2) is 18.2 Å². The zero-order chi connectivity index (χ0) is 15.2. The number of nitrogens with two attached hydrogens (primary N) is 1. The fourth-order valence-electron chi connectivity index (χ4n) is 2.09. The van der Waals surface area contributed by atoms with Crippen LogP contribution in [0, 0.1) is 11.8 Å². The van der Waals surface area contributed by atoms with E-state index in [1.807, 2.05) is 4.90 Å². The maximum Gasteiger partial charge on any atom is 0.254 e. The van der Waals surface area contributed by atoms with Gasteiger partial charge in [-0.25, -0.2) is 0 Å². The molecule has 0 radical (unpaired) electrons. The average Bonchev–Trinajstić information content (AvgIpc) is 3.31. The Kier molecular flexibility index (Phi) is 5.63. The Morgan fingerprint density at radius 1 is 1.52 bits per heavy atom. The molecule has 112 valence electrons. The zero-order valence-electron chi connectivity index (χ0n) is 12.1. The van der Waals surface area contributed by atoms with E-state index in [0.717, 1.165) is 12.8 Å². The van der Waals surface area contributed by atoms with Crippen LogP contribution < -0.4 is 5.73 Å². The number of nitrogens with zero attached hydrogens (tertiary/aromatic N) is 1. The predicted octanol–water partition coefficient (Wildman–Crippen LogP) is 1.90. The first-order chi connectivity index (χ1) is 10.2. The van der Waals surface area contributed by atoms with Crippen LogP contribution in [0.4, 0.5) is 0 Å². The Morgan fingerprint density at radius 2 is 2.29 bits per heavy atom. The average molecular weight is 307 g/mol. The predicted molar refractivity (Wildman–Crippen MR) is 83.3 cm³/mol. The van der Waals surface area contributed by atoms with Crippen molar-refractivity contribution in [3.05, 3.63) is 34.3 Å². The van der Waals surface area contributed by atoms with Gasteiger partial charge in [0.1, 0.15) is 0 Å². The first-order valence-electron chi connectivity index (χ1n) is 6.95. The van der Waals surface area contributed by atoms with Crippen LogP contribution >= 0.6 is 11.6 Å². The summed E-state index contributed by atoms with van der Waals surface area (Å²) < 4.78 is 5.07.